The van der Waals surface area contributed by atoms with Gasteiger partial charge in [-0.05, 0) is 31.9 Å². The van der Waals surface area contributed by atoms with Crippen LogP contribution in [0.3, 0.4) is 0 Å². The lowest BCUT2D eigenvalue weighted by molar-refractivity contribution is -0.137. The standard InChI is InChI=1S/C10H15F3OS/c1-9(5-3-7-15-9)8(14)4-2-6-10(11,12)13/h2-7H2,1H3. The van der Waals surface area contributed by atoms with Crippen molar-refractivity contribution in [2.24, 2.45) is 0 Å². The van der Waals surface area contributed by atoms with E-state index < -0.39 is 17.3 Å². The molecule has 0 N–H and O–H groups in total. The summed E-state index contributed by atoms with van der Waals surface area (Å²) in [7, 11) is 0. The Kier molecular flexibility index (Phi) is 4.09. The van der Waals surface area contributed by atoms with Crippen LogP contribution in [0.4, 0.5) is 13.2 Å². The van der Waals surface area contributed by atoms with E-state index in [1.807, 2.05) is 6.92 Å². The molecule has 0 aromatic heterocycles. The van der Waals surface area contributed by atoms with E-state index in [2.05, 4.69) is 0 Å². The lowest BCUT2D eigenvalue weighted by atomic mass is 9.96. The molecule has 88 valence electrons. The number of hydrogen-bond acceptors (Lipinski definition) is 2. The Labute approximate surface area is 91.8 Å². The molecule has 0 aromatic rings. The van der Waals surface area contributed by atoms with Gasteiger partial charge in [-0.15, -0.1) is 11.8 Å². The molecule has 1 atom stereocenters. The first-order valence-corrected chi connectivity index (χ1v) is 6.06. The van der Waals surface area contributed by atoms with Crippen molar-refractivity contribution in [1.82, 2.24) is 0 Å². The quantitative estimate of drug-likeness (QED) is 0.747. The summed E-state index contributed by atoms with van der Waals surface area (Å²) in [5.74, 6) is 0.927. The molecule has 1 heterocycles. The van der Waals surface area contributed by atoms with Gasteiger partial charge < -0.3 is 0 Å². The van der Waals surface area contributed by atoms with Crippen molar-refractivity contribution in [1.29, 1.82) is 0 Å². The first kappa shape index (κ1) is 12.9. The smallest absolute Gasteiger partial charge is 0.298 e. The Balaban J connectivity index is 2.30. The maximum absolute atomic E-state index is 11.9. The Bertz CT molecular complexity index is 231. The van der Waals surface area contributed by atoms with E-state index in [0.29, 0.717) is 0 Å². The number of ketones is 1. The van der Waals surface area contributed by atoms with Crippen LogP contribution in [0.2, 0.25) is 0 Å². The lowest BCUT2D eigenvalue weighted by Crippen LogP contribution is -2.28. The van der Waals surface area contributed by atoms with Gasteiger partial charge in [0.05, 0.1) is 4.75 Å². The summed E-state index contributed by atoms with van der Waals surface area (Å²) in [5.41, 5.74) is 0. The molecule has 0 aliphatic carbocycles. The van der Waals surface area contributed by atoms with Gasteiger partial charge in [-0.1, -0.05) is 0 Å². The number of Topliss-reactive ketones (excluding diaryl/α,β-unsaturated/α-hetero) is 1. The molecule has 0 radical (unpaired) electrons. The highest BCUT2D eigenvalue weighted by molar-refractivity contribution is 8.01. The average molecular weight is 240 g/mol. The zero-order valence-electron chi connectivity index (χ0n) is 8.69. The van der Waals surface area contributed by atoms with Crippen LogP contribution in [-0.2, 0) is 4.79 Å². The normalized spacial score (nSPS) is 26.9. The fraction of sp³-hybridized carbons (Fsp3) is 0.900. The van der Waals surface area contributed by atoms with Crippen LogP contribution in [0.5, 0.6) is 0 Å². The molecule has 1 aliphatic heterocycles. The average Bonchev–Trinajstić information content (AvgIpc) is 2.51. The fourth-order valence-electron chi connectivity index (χ4n) is 1.71. The third-order valence-corrected chi connectivity index (χ3v) is 4.23. The molecule has 0 bridgehead atoms. The van der Waals surface area contributed by atoms with Gasteiger partial charge in [-0.25, -0.2) is 0 Å². The molecule has 1 unspecified atom stereocenters. The van der Waals surface area contributed by atoms with Gasteiger partial charge in [-0.2, -0.15) is 13.2 Å². The van der Waals surface area contributed by atoms with Gasteiger partial charge in [0.2, 0.25) is 0 Å². The minimum Gasteiger partial charge on any atom is -0.298 e. The lowest BCUT2D eigenvalue weighted by Gasteiger charge is -2.20. The van der Waals surface area contributed by atoms with Crippen LogP contribution in [0.1, 0.15) is 39.0 Å². The Morgan fingerprint density at radius 2 is 2.13 bits per heavy atom. The summed E-state index contributed by atoms with van der Waals surface area (Å²) in [6.07, 6.45) is -3.19. The van der Waals surface area contributed by atoms with Crippen LogP contribution < -0.4 is 0 Å². The number of thioether (sulfide) groups is 1. The summed E-state index contributed by atoms with van der Waals surface area (Å²) in [6, 6.07) is 0. The molecule has 15 heavy (non-hydrogen) atoms. The van der Waals surface area contributed by atoms with E-state index in [0.717, 1.165) is 18.6 Å². The topological polar surface area (TPSA) is 17.1 Å². The molecule has 0 saturated carbocycles. The number of carbonyl (C=O) groups is 1. The van der Waals surface area contributed by atoms with Crippen molar-refractivity contribution in [3.05, 3.63) is 0 Å². The number of halogens is 3. The fourth-order valence-corrected chi connectivity index (χ4v) is 3.00. The van der Waals surface area contributed by atoms with E-state index in [4.69, 9.17) is 0 Å². The molecule has 0 amide bonds. The summed E-state index contributed by atoms with van der Waals surface area (Å²) >= 11 is 1.58. The van der Waals surface area contributed by atoms with Crippen molar-refractivity contribution >= 4 is 17.5 Å². The van der Waals surface area contributed by atoms with Gasteiger partial charge in [-0.3, -0.25) is 4.79 Å². The summed E-state index contributed by atoms with van der Waals surface area (Å²) in [5, 5.41) is 0. The summed E-state index contributed by atoms with van der Waals surface area (Å²) in [4.78, 5) is 11.7. The predicted octanol–water partition coefficient (Wildman–Crippen LogP) is 3.57. The molecule has 0 aromatic carbocycles. The minimum atomic E-state index is -4.13. The van der Waals surface area contributed by atoms with E-state index in [1.54, 1.807) is 11.8 Å². The minimum absolute atomic E-state index is 0.0192. The van der Waals surface area contributed by atoms with Crippen LogP contribution in [0.25, 0.3) is 0 Å². The van der Waals surface area contributed by atoms with Crippen LogP contribution in [-0.4, -0.2) is 22.5 Å². The van der Waals surface area contributed by atoms with Crippen LogP contribution in [0, 0.1) is 0 Å². The second-order valence-corrected chi connectivity index (χ2v) is 5.67. The highest BCUT2D eigenvalue weighted by Crippen LogP contribution is 2.39. The largest absolute Gasteiger partial charge is 0.389 e. The van der Waals surface area contributed by atoms with E-state index in [-0.39, 0.29) is 18.6 Å². The van der Waals surface area contributed by atoms with Gasteiger partial charge in [0, 0.05) is 12.8 Å². The number of carbonyl (C=O) groups excluding carboxylic acids is 1. The van der Waals surface area contributed by atoms with E-state index in [1.165, 1.54) is 0 Å². The highest BCUT2D eigenvalue weighted by atomic mass is 32.2. The Morgan fingerprint density at radius 1 is 1.47 bits per heavy atom. The Hall–Kier alpha value is -0.190. The molecule has 1 nitrogen and oxygen atoms in total. The van der Waals surface area contributed by atoms with Gasteiger partial charge in [0.25, 0.3) is 0 Å². The number of alkyl halides is 3. The molecular weight excluding hydrogens is 225 g/mol. The maximum Gasteiger partial charge on any atom is 0.389 e. The first-order valence-electron chi connectivity index (χ1n) is 5.07. The van der Waals surface area contributed by atoms with Crippen molar-refractivity contribution in [3.8, 4) is 0 Å². The molecule has 1 fully saturated rings. The molecule has 0 spiro atoms. The summed E-state index contributed by atoms with van der Waals surface area (Å²) < 4.78 is 35.2. The highest BCUT2D eigenvalue weighted by Gasteiger charge is 2.37. The molecule has 1 aliphatic rings. The van der Waals surface area contributed by atoms with Gasteiger partial charge in [0.1, 0.15) is 5.78 Å². The zero-order valence-corrected chi connectivity index (χ0v) is 9.51. The Morgan fingerprint density at radius 3 is 2.60 bits per heavy atom. The van der Waals surface area contributed by atoms with Crippen molar-refractivity contribution in [2.75, 3.05) is 5.75 Å². The number of hydrogen-bond donors (Lipinski definition) is 0. The predicted molar refractivity (Wildman–Crippen MR) is 55.0 cm³/mol. The number of rotatable bonds is 4. The molecule has 5 heteroatoms. The van der Waals surface area contributed by atoms with Crippen molar-refractivity contribution in [2.45, 2.75) is 50.0 Å². The SMILES string of the molecule is CC1(C(=O)CCCC(F)(F)F)CCCS1. The monoisotopic (exact) mass is 240 g/mol. The van der Waals surface area contributed by atoms with Crippen molar-refractivity contribution < 1.29 is 18.0 Å². The van der Waals surface area contributed by atoms with Crippen molar-refractivity contribution in [3.63, 3.8) is 0 Å². The van der Waals surface area contributed by atoms with E-state index in [9.17, 15) is 18.0 Å². The third-order valence-electron chi connectivity index (χ3n) is 2.67. The first-order chi connectivity index (χ1) is 6.83. The second kappa shape index (κ2) is 4.76. The second-order valence-electron chi connectivity index (χ2n) is 4.07. The molecule has 1 saturated heterocycles. The zero-order chi connectivity index (χ0) is 11.5. The van der Waals surface area contributed by atoms with Gasteiger partial charge in [0.15, 0.2) is 0 Å². The van der Waals surface area contributed by atoms with E-state index >= 15 is 0 Å². The maximum atomic E-state index is 11.9. The van der Waals surface area contributed by atoms with Gasteiger partial charge >= 0.3 is 6.18 Å². The molecular formula is C10H15F3OS. The third kappa shape index (κ3) is 4.05. The van der Waals surface area contributed by atoms with Crippen LogP contribution >= 0.6 is 11.8 Å². The van der Waals surface area contributed by atoms with Crippen LogP contribution in [0.15, 0.2) is 0 Å². The summed E-state index contributed by atoms with van der Waals surface area (Å²) in [6.45, 7) is 1.85. The molecule has 1 rings (SSSR count).